The Hall–Kier alpha value is -1.58. The summed E-state index contributed by atoms with van der Waals surface area (Å²) in [5, 5.41) is 17.3. The van der Waals surface area contributed by atoms with E-state index in [9.17, 15) is 9.59 Å². The smallest absolute Gasteiger partial charge is 0.327 e. The van der Waals surface area contributed by atoms with Gasteiger partial charge in [-0.25, -0.2) is 9.59 Å². The van der Waals surface area contributed by atoms with Crippen LogP contribution in [0.2, 0.25) is 0 Å². The number of allylic oxidation sites excluding steroid dienone is 2. The summed E-state index contributed by atoms with van der Waals surface area (Å²) in [7, 11) is 0. The van der Waals surface area contributed by atoms with E-state index in [0.29, 0.717) is 0 Å². The number of hydrogen-bond acceptors (Lipinski definition) is 2. The van der Waals surface area contributed by atoms with E-state index >= 15 is 0 Å². The molecule has 2 N–H and O–H groups in total. The monoisotopic (exact) mass is 310 g/mol. The lowest BCUT2D eigenvalue weighted by Crippen LogP contribution is -1.97. The highest BCUT2D eigenvalue weighted by molar-refractivity contribution is 5.80. The lowest BCUT2D eigenvalue weighted by Gasteiger charge is -2.07. The van der Waals surface area contributed by atoms with Crippen LogP contribution in [0.1, 0.15) is 71.1 Å². The third-order valence-corrected chi connectivity index (χ3v) is 3.61. The second kappa shape index (κ2) is 14.4. The highest BCUT2D eigenvalue weighted by Gasteiger charge is 2.03. The number of aliphatic carboxylic acids is 2. The molecule has 0 aliphatic heterocycles. The van der Waals surface area contributed by atoms with Crippen LogP contribution in [0.15, 0.2) is 24.3 Å². The Balaban J connectivity index is 3.84. The van der Waals surface area contributed by atoms with E-state index in [1.807, 2.05) is 0 Å². The van der Waals surface area contributed by atoms with Crippen molar-refractivity contribution < 1.29 is 19.8 Å². The fourth-order valence-corrected chi connectivity index (χ4v) is 2.36. The standard InChI is InChI=1S/C18H30O4/c1-2-3-4-5-6-7-8-9-10-11-16(12-14-17(19)20)13-15-18(21)22/h12-16H,2-11H2,1H3,(H,19,20)(H,21,22). The van der Waals surface area contributed by atoms with Crippen molar-refractivity contribution in [3.63, 3.8) is 0 Å². The van der Waals surface area contributed by atoms with Gasteiger partial charge in [-0.15, -0.1) is 0 Å². The molecule has 0 saturated heterocycles. The van der Waals surface area contributed by atoms with Gasteiger partial charge in [-0.05, 0) is 12.3 Å². The van der Waals surface area contributed by atoms with Gasteiger partial charge in [-0.1, -0.05) is 76.9 Å². The van der Waals surface area contributed by atoms with Crippen LogP contribution >= 0.6 is 0 Å². The lowest BCUT2D eigenvalue weighted by atomic mass is 9.98. The Bertz CT molecular complexity index is 334. The highest BCUT2D eigenvalue weighted by atomic mass is 16.4. The maximum Gasteiger partial charge on any atom is 0.327 e. The van der Waals surface area contributed by atoms with E-state index in [0.717, 1.165) is 31.4 Å². The summed E-state index contributed by atoms with van der Waals surface area (Å²) >= 11 is 0. The van der Waals surface area contributed by atoms with Crippen LogP contribution in [0.5, 0.6) is 0 Å². The Kier molecular flexibility index (Phi) is 13.3. The van der Waals surface area contributed by atoms with Crippen LogP contribution in [-0.4, -0.2) is 22.2 Å². The third-order valence-electron chi connectivity index (χ3n) is 3.61. The van der Waals surface area contributed by atoms with E-state index < -0.39 is 11.9 Å². The Morgan fingerprint density at radius 1 is 0.773 bits per heavy atom. The van der Waals surface area contributed by atoms with Crippen molar-refractivity contribution in [1.82, 2.24) is 0 Å². The molecule has 0 bridgehead atoms. The summed E-state index contributed by atoms with van der Waals surface area (Å²) in [6.07, 6.45) is 17.2. The SMILES string of the molecule is CCCCCCCCCCCC(C=CC(=O)O)C=CC(=O)O. The first-order chi connectivity index (χ1) is 10.6. The molecule has 0 unspecified atom stereocenters. The Morgan fingerprint density at radius 2 is 1.18 bits per heavy atom. The molecular weight excluding hydrogens is 280 g/mol. The molecular formula is C18H30O4. The van der Waals surface area contributed by atoms with E-state index in [1.165, 1.54) is 44.9 Å². The van der Waals surface area contributed by atoms with Gasteiger partial charge in [0.05, 0.1) is 0 Å². The predicted octanol–water partition coefficient (Wildman–Crippen LogP) is 4.81. The van der Waals surface area contributed by atoms with Crippen LogP contribution < -0.4 is 0 Å². The van der Waals surface area contributed by atoms with Crippen molar-refractivity contribution in [1.29, 1.82) is 0 Å². The number of carboxylic acids is 2. The number of carboxylic acid groups (broad SMARTS) is 2. The average molecular weight is 310 g/mol. The van der Waals surface area contributed by atoms with Gasteiger partial charge < -0.3 is 10.2 Å². The lowest BCUT2D eigenvalue weighted by molar-refractivity contribution is -0.132. The molecule has 4 heteroatoms. The summed E-state index contributed by atoms with van der Waals surface area (Å²) in [5.41, 5.74) is 0. The molecule has 0 aliphatic rings. The minimum Gasteiger partial charge on any atom is -0.478 e. The molecule has 0 aromatic carbocycles. The molecule has 0 aliphatic carbocycles. The fraction of sp³-hybridized carbons (Fsp3) is 0.667. The predicted molar refractivity (Wildman–Crippen MR) is 88.9 cm³/mol. The largest absolute Gasteiger partial charge is 0.478 e. The molecule has 0 fully saturated rings. The third kappa shape index (κ3) is 14.8. The molecule has 0 spiro atoms. The second-order valence-corrected chi connectivity index (χ2v) is 5.68. The molecule has 126 valence electrons. The van der Waals surface area contributed by atoms with E-state index in [1.54, 1.807) is 12.2 Å². The summed E-state index contributed by atoms with van der Waals surface area (Å²) in [6.45, 7) is 2.22. The van der Waals surface area contributed by atoms with Gasteiger partial charge in [0.1, 0.15) is 0 Å². The summed E-state index contributed by atoms with van der Waals surface area (Å²) in [6, 6.07) is 0. The summed E-state index contributed by atoms with van der Waals surface area (Å²) in [4.78, 5) is 21.1. The van der Waals surface area contributed by atoms with Gasteiger partial charge in [0.2, 0.25) is 0 Å². The second-order valence-electron chi connectivity index (χ2n) is 5.68. The number of unbranched alkanes of at least 4 members (excludes halogenated alkanes) is 8. The maximum atomic E-state index is 10.5. The quantitative estimate of drug-likeness (QED) is 0.357. The molecule has 0 amide bonds. The zero-order valence-electron chi connectivity index (χ0n) is 13.7. The van der Waals surface area contributed by atoms with E-state index in [-0.39, 0.29) is 5.92 Å². The topological polar surface area (TPSA) is 74.6 Å². The molecule has 0 rings (SSSR count). The molecule has 0 radical (unpaired) electrons. The number of rotatable bonds is 14. The fourth-order valence-electron chi connectivity index (χ4n) is 2.36. The van der Waals surface area contributed by atoms with Crippen LogP contribution in [0.4, 0.5) is 0 Å². The van der Waals surface area contributed by atoms with Gasteiger partial charge in [-0.2, -0.15) is 0 Å². The van der Waals surface area contributed by atoms with Crippen LogP contribution in [0, 0.1) is 5.92 Å². The van der Waals surface area contributed by atoms with Crippen LogP contribution in [0.3, 0.4) is 0 Å². The summed E-state index contributed by atoms with van der Waals surface area (Å²) < 4.78 is 0. The zero-order chi connectivity index (χ0) is 16.6. The van der Waals surface area contributed by atoms with Crippen molar-refractivity contribution in [2.45, 2.75) is 71.1 Å². The summed E-state index contributed by atoms with van der Waals surface area (Å²) in [5.74, 6) is -2.11. The van der Waals surface area contributed by atoms with Gasteiger partial charge in [0, 0.05) is 12.2 Å². The molecule has 22 heavy (non-hydrogen) atoms. The van der Waals surface area contributed by atoms with Crippen molar-refractivity contribution in [3.8, 4) is 0 Å². The normalized spacial score (nSPS) is 13.0. The van der Waals surface area contributed by atoms with Crippen molar-refractivity contribution >= 4 is 11.9 Å². The molecule has 0 aromatic heterocycles. The van der Waals surface area contributed by atoms with Crippen molar-refractivity contribution in [2.24, 2.45) is 5.92 Å². The van der Waals surface area contributed by atoms with Gasteiger partial charge in [0.25, 0.3) is 0 Å². The van der Waals surface area contributed by atoms with E-state index in [2.05, 4.69) is 6.92 Å². The molecule has 0 atom stereocenters. The maximum absolute atomic E-state index is 10.5. The molecule has 0 saturated carbocycles. The first-order valence-electron chi connectivity index (χ1n) is 8.38. The highest BCUT2D eigenvalue weighted by Crippen LogP contribution is 2.15. The zero-order valence-corrected chi connectivity index (χ0v) is 13.7. The van der Waals surface area contributed by atoms with E-state index in [4.69, 9.17) is 10.2 Å². The number of hydrogen-bond donors (Lipinski definition) is 2. The Labute approximate surface area is 133 Å². The van der Waals surface area contributed by atoms with Crippen LogP contribution in [0.25, 0.3) is 0 Å². The molecule has 0 aromatic rings. The Morgan fingerprint density at radius 3 is 1.59 bits per heavy atom. The van der Waals surface area contributed by atoms with Crippen molar-refractivity contribution in [3.05, 3.63) is 24.3 Å². The number of carbonyl (C=O) groups is 2. The van der Waals surface area contributed by atoms with Crippen molar-refractivity contribution in [2.75, 3.05) is 0 Å². The minimum absolute atomic E-state index is 0.114. The van der Waals surface area contributed by atoms with Gasteiger partial charge in [0.15, 0.2) is 0 Å². The van der Waals surface area contributed by atoms with Gasteiger partial charge in [-0.3, -0.25) is 0 Å². The van der Waals surface area contributed by atoms with Crippen LogP contribution in [-0.2, 0) is 9.59 Å². The van der Waals surface area contributed by atoms with Gasteiger partial charge >= 0.3 is 11.9 Å². The average Bonchev–Trinajstić information content (AvgIpc) is 2.47. The first-order valence-corrected chi connectivity index (χ1v) is 8.38. The first kappa shape index (κ1) is 20.4. The molecule has 4 nitrogen and oxygen atoms in total. The molecule has 0 heterocycles. The minimum atomic E-state index is -0.999.